The van der Waals surface area contributed by atoms with Gasteiger partial charge in [-0.05, 0) is 59.2 Å². The topological polar surface area (TPSA) is 59.8 Å². The average Bonchev–Trinajstić information content (AvgIpc) is 3.45. The zero-order valence-corrected chi connectivity index (χ0v) is 20.7. The number of nitrogens with one attached hydrogen (secondary N) is 1. The monoisotopic (exact) mass is 490 g/mol. The van der Waals surface area contributed by atoms with Crippen LogP contribution in [0.3, 0.4) is 0 Å². The summed E-state index contributed by atoms with van der Waals surface area (Å²) in [5.74, 6) is 0. The minimum atomic E-state index is 0.0819. The van der Waals surface area contributed by atoms with Crippen LogP contribution >= 0.6 is 11.3 Å². The number of hydrogen-bond acceptors (Lipinski definition) is 5. The third-order valence-electron chi connectivity index (χ3n) is 7.61. The Morgan fingerprint density at radius 2 is 1.69 bits per heavy atom. The zero-order valence-electron chi connectivity index (χ0n) is 19.9. The van der Waals surface area contributed by atoms with Gasteiger partial charge in [-0.2, -0.15) is 0 Å². The second-order valence-corrected chi connectivity index (χ2v) is 10.8. The van der Waals surface area contributed by atoms with Gasteiger partial charge in [0.1, 0.15) is 4.83 Å². The first-order chi connectivity index (χ1) is 17.8. The molecule has 36 heavy (non-hydrogen) atoms. The second kappa shape index (κ2) is 8.80. The molecule has 1 atom stereocenters. The van der Waals surface area contributed by atoms with Crippen LogP contribution in [0.4, 0.5) is 0 Å². The lowest BCUT2D eigenvalue weighted by Gasteiger charge is -2.28. The number of hydrogen-bond donors (Lipinski definition) is 1. The van der Waals surface area contributed by atoms with Crippen LogP contribution in [-0.4, -0.2) is 20.6 Å². The summed E-state index contributed by atoms with van der Waals surface area (Å²) in [5, 5.41) is 4.80. The molecule has 178 valence electrons. The first-order valence-electron chi connectivity index (χ1n) is 12.6. The van der Waals surface area contributed by atoms with Crippen molar-refractivity contribution in [2.45, 2.75) is 44.3 Å². The van der Waals surface area contributed by atoms with Gasteiger partial charge >= 0.3 is 0 Å². The van der Waals surface area contributed by atoms with Gasteiger partial charge in [0.2, 0.25) is 0 Å². The van der Waals surface area contributed by atoms with Gasteiger partial charge < -0.3 is 5.32 Å². The van der Waals surface area contributed by atoms with Crippen LogP contribution in [0.5, 0.6) is 0 Å². The fourth-order valence-corrected chi connectivity index (χ4v) is 7.11. The number of aryl methyl sites for hydroxylation is 3. The van der Waals surface area contributed by atoms with Gasteiger partial charge in [0, 0.05) is 35.8 Å². The van der Waals surface area contributed by atoms with Crippen LogP contribution in [-0.2, 0) is 25.8 Å². The van der Waals surface area contributed by atoms with Crippen molar-refractivity contribution < 1.29 is 0 Å². The van der Waals surface area contributed by atoms with E-state index in [9.17, 15) is 4.79 Å². The predicted molar refractivity (Wildman–Crippen MR) is 144 cm³/mol. The van der Waals surface area contributed by atoms with Gasteiger partial charge in [-0.15, -0.1) is 11.3 Å². The van der Waals surface area contributed by atoms with Gasteiger partial charge in [-0.1, -0.05) is 54.6 Å². The number of aromatic nitrogens is 3. The van der Waals surface area contributed by atoms with Gasteiger partial charge in [-0.3, -0.25) is 14.3 Å². The molecule has 3 heterocycles. The van der Waals surface area contributed by atoms with Gasteiger partial charge in [0.15, 0.2) is 0 Å². The van der Waals surface area contributed by atoms with Crippen molar-refractivity contribution in [1.82, 2.24) is 19.9 Å². The Morgan fingerprint density at radius 3 is 2.44 bits per heavy atom. The van der Waals surface area contributed by atoms with Crippen molar-refractivity contribution in [2.24, 2.45) is 0 Å². The molecule has 3 aromatic heterocycles. The number of thiophene rings is 1. The van der Waals surface area contributed by atoms with E-state index in [0.29, 0.717) is 12.6 Å². The molecule has 0 unspecified atom stereocenters. The van der Waals surface area contributed by atoms with E-state index in [1.54, 1.807) is 28.4 Å². The molecular weight excluding hydrogens is 464 g/mol. The molecule has 2 aliphatic rings. The lowest BCUT2D eigenvalue weighted by Crippen LogP contribution is -2.36. The van der Waals surface area contributed by atoms with Crippen molar-refractivity contribution in [3.63, 3.8) is 0 Å². The summed E-state index contributed by atoms with van der Waals surface area (Å²) >= 11 is 1.69. The van der Waals surface area contributed by atoms with Crippen LogP contribution in [0.2, 0.25) is 0 Å². The number of benzene rings is 2. The van der Waals surface area contributed by atoms with Gasteiger partial charge in [0.05, 0.1) is 17.8 Å². The van der Waals surface area contributed by atoms with E-state index in [0.717, 1.165) is 41.6 Å². The summed E-state index contributed by atoms with van der Waals surface area (Å²) in [6.07, 6.45) is 7.08. The van der Waals surface area contributed by atoms with Crippen molar-refractivity contribution in [3.05, 3.63) is 117 Å². The van der Waals surface area contributed by atoms with Crippen molar-refractivity contribution in [1.29, 1.82) is 0 Å². The Kier molecular flexibility index (Phi) is 5.29. The van der Waals surface area contributed by atoms with E-state index in [1.807, 2.05) is 18.2 Å². The predicted octanol–water partition coefficient (Wildman–Crippen LogP) is 5.31. The molecule has 0 saturated carbocycles. The number of rotatable bonds is 5. The van der Waals surface area contributed by atoms with E-state index in [-0.39, 0.29) is 11.6 Å². The number of fused-ring (bicyclic) bond motifs is 6. The van der Waals surface area contributed by atoms with Crippen molar-refractivity contribution in [3.8, 4) is 11.1 Å². The summed E-state index contributed by atoms with van der Waals surface area (Å²) in [7, 11) is 0. The van der Waals surface area contributed by atoms with Gasteiger partial charge in [0.25, 0.3) is 5.56 Å². The first kappa shape index (κ1) is 21.7. The van der Waals surface area contributed by atoms with E-state index in [2.05, 4.69) is 63.8 Å². The van der Waals surface area contributed by atoms with E-state index in [1.165, 1.54) is 32.7 Å². The lowest BCUT2D eigenvalue weighted by atomic mass is 9.91. The molecule has 7 rings (SSSR count). The van der Waals surface area contributed by atoms with E-state index >= 15 is 0 Å². The third-order valence-corrected chi connectivity index (χ3v) is 8.77. The minimum Gasteiger partial charge on any atom is -0.303 e. The molecule has 1 N–H and O–H groups in total. The normalized spacial score (nSPS) is 16.6. The smallest absolute Gasteiger partial charge is 0.262 e. The fourth-order valence-electron chi connectivity index (χ4n) is 5.85. The highest BCUT2D eigenvalue weighted by atomic mass is 32.1. The molecule has 0 spiro atoms. The van der Waals surface area contributed by atoms with Crippen LogP contribution in [0.15, 0.2) is 84.0 Å². The quantitative estimate of drug-likeness (QED) is 0.363. The third kappa shape index (κ3) is 3.60. The molecule has 5 nitrogen and oxygen atoms in total. The maximum atomic E-state index is 13.4. The summed E-state index contributed by atoms with van der Waals surface area (Å²) in [6.45, 7) is 0.591. The van der Waals surface area contributed by atoms with Crippen molar-refractivity contribution in [2.75, 3.05) is 0 Å². The zero-order chi connectivity index (χ0) is 24.1. The van der Waals surface area contributed by atoms with Crippen molar-refractivity contribution >= 4 is 21.6 Å². The van der Waals surface area contributed by atoms with Gasteiger partial charge in [-0.25, -0.2) is 4.98 Å². The summed E-state index contributed by atoms with van der Waals surface area (Å²) in [6, 6.07) is 23.9. The summed E-state index contributed by atoms with van der Waals surface area (Å²) in [4.78, 5) is 24.7. The molecule has 0 bridgehead atoms. The van der Waals surface area contributed by atoms with Crippen LogP contribution < -0.4 is 10.9 Å². The van der Waals surface area contributed by atoms with Crippen LogP contribution in [0, 0.1) is 0 Å². The maximum absolute atomic E-state index is 13.4. The Bertz CT molecular complexity index is 1590. The van der Waals surface area contributed by atoms with E-state index in [4.69, 9.17) is 0 Å². The molecule has 0 aliphatic heterocycles. The maximum Gasteiger partial charge on any atom is 0.262 e. The Hall–Kier alpha value is -3.61. The molecule has 0 fully saturated rings. The summed E-state index contributed by atoms with van der Waals surface area (Å²) in [5.41, 5.74) is 7.67. The highest BCUT2D eigenvalue weighted by molar-refractivity contribution is 7.18. The molecule has 0 radical (unpaired) electrons. The minimum absolute atomic E-state index is 0.0819. The molecule has 0 amide bonds. The summed E-state index contributed by atoms with van der Waals surface area (Å²) < 4.78 is 1.75. The molecule has 2 aliphatic carbocycles. The van der Waals surface area contributed by atoms with E-state index < -0.39 is 0 Å². The average molecular weight is 491 g/mol. The Morgan fingerprint density at radius 1 is 0.944 bits per heavy atom. The highest BCUT2D eigenvalue weighted by Crippen LogP contribution is 2.44. The number of nitrogens with zero attached hydrogens (tertiary/aromatic N) is 3. The Labute approximate surface area is 213 Å². The highest BCUT2D eigenvalue weighted by Gasteiger charge is 2.32. The number of pyridine rings is 1. The molecule has 6 heteroatoms. The fraction of sp³-hybridized carbons (Fsp3) is 0.233. The van der Waals surface area contributed by atoms with Crippen LogP contribution in [0.25, 0.3) is 21.3 Å². The SMILES string of the molecule is O=c1c2c3c(sc2ncn1CCc1ccccn1)C[C@@H](NC1c2ccccc2-c2ccccc21)CC3. The molecule has 0 saturated heterocycles. The molecule has 5 aromatic rings. The Balaban J connectivity index is 1.15. The standard InChI is InChI=1S/C30H26N4OS/c35-30-27-25-13-12-20(33-28-23-10-3-1-8-21(23)22-9-2-4-11-24(22)28)17-26(25)36-29(27)32-18-34(30)16-14-19-7-5-6-15-31-19/h1-11,15,18,20,28,33H,12-14,16-17H2/t20-/m0/s1. The second-order valence-electron chi connectivity index (χ2n) is 9.71. The lowest BCUT2D eigenvalue weighted by molar-refractivity contribution is 0.434. The molecular formula is C30H26N4OS. The largest absolute Gasteiger partial charge is 0.303 e. The molecule has 2 aromatic carbocycles. The first-order valence-corrected chi connectivity index (χ1v) is 13.4. The van der Waals surface area contributed by atoms with Crippen LogP contribution in [0.1, 0.15) is 39.7 Å².